The van der Waals surface area contributed by atoms with Crippen LogP contribution in [0.1, 0.15) is 6.92 Å². The summed E-state index contributed by atoms with van der Waals surface area (Å²) >= 11 is 0. The number of pyridine rings is 2. The summed E-state index contributed by atoms with van der Waals surface area (Å²) in [6.07, 6.45) is 0. The van der Waals surface area contributed by atoms with Gasteiger partial charge in [-0.2, -0.15) is 0 Å². The fraction of sp³-hybridized carbons (Fsp3) is 0.0714. The van der Waals surface area contributed by atoms with Crippen LogP contribution in [0.3, 0.4) is 0 Å². The average Bonchev–Trinajstić information content (AvgIpc) is 3.46. The van der Waals surface area contributed by atoms with Crippen molar-refractivity contribution in [3.8, 4) is 5.75 Å². The Kier molecular flexibility index (Phi) is 3.30. The fourth-order valence-electron chi connectivity index (χ4n) is 5.62. The monoisotopic (exact) mass is 456 g/mol. The first-order valence-corrected chi connectivity index (χ1v) is 11.5. The van der Waals surface area contributed by atoms with E-state index in [2.05, 4.69) is 0 Å². The number of benzene rings is 4. The Bertz CT molecular complexity index is 2280. The maximum Gasteiger partial charge on any atom is 0.264 e. The van der Waals surface area contributed by atoms with E-state index in [-0.39, 0.29) is 11.1 Å². The summed E-state index contributed by atoms with van der Waals surface area (Å²) in [5.74, 6) is 0.620. The van der Waals surface area contributed by atoms with E-state index in [1.807, 2.05) is 73.7 Å². The van der Waals surface area contributed by atoms with Gasteiger partial charge in [-0.05, 0) is 55.5 Å². The van der Waals surface area contributed by atoms with Crippen molar-refractivity contribution < 1.29 is 4.74 Å². The lowest BCUT2D eigenvalue weighted by atomic mass is 9.96. The van der Waals surface area contributed by atoms with Crippen molar-refractivity contribution >= 4 is 65.7 Å². The van der Waals surface area contributed by atoms with Crippen LogP contribution in [0.2, 0.25) is 0 Å². The van der Waals surface area contributed by atoms with Gasteiger partial charge in [0, 0.05) is 32.3 Å². The van der Waals surface area contributed by atoms with Crippen molar-refractivity contribution in [1.82, 2.24) is 18.8 Å². The number of aromatic nitrogens is 4. The molecule has 0 saturated carbocycles. The van der Waals surface area contributed by atoms with E-state index in [1.165, 1.54) is 0 Å². The topological polar surface area (TPSA) is 78.0 Å². The lowest BCUT2D eigenvalue weighted by Gasteiger charge is -2.12. The van der Waals surface area contributed by atoms with E-state index < -0.39 is 0 Å². The molecule has 7 nitrogen and oxygen atoms in total. The van der Waals surface area contributed by atoms with Gasteiger partial charge in [0.15, 0.2) is 0 Å². The predicted octanol–water partition coefficient (Wildman–Crippen LogP) is 4.74. The summed E-state index contributed by atoms with van der Waals surface area (Å²) in [5.41, 5.74) is 3.70. The molecule has 0 saturated heterocycles. The van der Waals surface area contributed by atoms with E-state index in [4.69, 9.17) is 14.7 Å². The first-order valence-electron chi connectivity index (χ1n) is 11.5. The number of fused-ring (bicyclic) bond motifs is 8. The predicted molar refractivity (Wildman–Crippen MR) is 138 cm³/mol. The number of ether oxygens (including phenoxy) is 1. The van der Waals surface area contributed by atoms with Crippen LogP contribution < -0.4 is 15.9 Å². The molecule has 0 aliphatic heterocycles. The van der Waals surface area contributed by atoms with Gasteiger partial charge in [0.2, 0.25) is 0 Å². The average molecular weight is 456 g/mol. The molecule has 0 aliphatic carbocycles. The molecule has 0 fully saturated rings. The summed E-state index contributed by atoms with van der Waals surface area (Å²) < 4.78 is 9.14. The Morgan fingerprint density at radius 1 is 0.686 bits per heavy atom. The van der Waals surface area contributed by atoms with Crippen molar-refractivity contribution in [2.45, 2.75) is 6.92 Å². The molecule has 0 bridgehead atoms. The Labute approximate surface area is 196 Å². The summed E-state index contributed by atoms with van der Waals surface area (Å²) in [6, 6.07) is 20.7. The third-order valence-electron chi connectivity index (χ3n) is 7.01. The molecular formula is C28H16N4O3. The van der Waals surface area contributed by atoms with Gasteiger partial charge in [-0.1, -0.05) is 18.2 Å². The molecule has 0 amide bonds. The number of hydrogen-bond acceptors (Lipinski definition) is 5. The van der Waals surface area contributed by atoms with Crippen molar-refractivity contribution in [3.05, 3.63) is 87.4 Å². The van der Waals surface area contributed by atoms with Crippen LogP contribution in [0.4, 0.5) is 0 Å². The molecule has 4 aromatic carbocycles. The molecule has 0 aliphatic rings. The second-order valence-electron chi connectivity index (χ2n) is 8.77. The van der Waals surface area contributed by atoms with Crippen molar-refractivity contribution in [2.24, 2.45) is 0 Å². The Morgan fingerprint density at radius 2 is 1.29 bits per heavy atom. The third-order valence-corrected chi connectivity index (χ3v) is 7.01. The quantitative estimate of drug-likeness (QED) is 0.351. The molecule has 4 heterocycles. The number of imidazole rings is 2. The van der Waals surface area contributed by atoms with Gasteiger partial charge in [-0.15, -0.1) is 0 Å². The minimum absolute atomic E-state index is 0.143. The molecule has 8 rings (SSSR count). The van der Waals surface area contributed by atoms with Crippen LogP contribution in [-0.4, -0.2) is 25.4 Å². The zero-order valence-corrected chi connectivity index (χ0v) is 18.6. The van der Waals surface area contributed by atoms with E-state index in [1.54, 1.807) is 8.80 Å². The molecule has 8 aromatic rings. The van der Waals surface area contributed by atoms with Gasteiger partial charge in [-0.25, -0.2) is 9.97 Å². The second kappa shape index (κ2) is 6.21. The molecule has 35 heavy (non-hydrogen) atoms. The highest BCUT2D eigenvalue weighted by Crippen LogP contribution is 2.37. The summed E-state index contributed by atoms with van der Waals surface area (Å²) in [5, 5.41) is 4.25. The first-order chi connectivity index (χ1) is 17.2. The standard InChI is InChI=1S/C28H16N4O3/c1-2-35-21-9-5-7-19-24(21)32-26(30-19)15-11-12-16-22-14(10-13-17(23(15)22)28(32)34)25-29-18-6-3-4-8-20(18)31(25)27(16)33/h3-13H,2H2,1H3. The van der Waals surface area contributed by atoms with Gasteiger partial charge < -0.3 is 4.74 Å². The maximum absolute atomic E-state index is 13.9. The SMILES string of the molecule is CCOc1cccc2nc3c4ccc5c(=O)n6c7ccccc7nc6c6ccc(c(=O)n3c12)c4c56. The highest BCUT2D eigenvalue weighted by molar-refractivity contribution is 6.27. The van der Waals surface area contributed by atoms with Crippen LogP contribution in [0.5, 0.6) is 5.75 Å². The lowest BCUT2D eigenvalue weighted by Crippen LogP contribution is -2.16. The van der Waals surface area contributed by atoms with Crippen molar-refractivity contribution in [3.63, 3.8) is 0 Å². The maximum atomic E-state index is 13.9. The van der Waals surface area contributed by atoms with Crippen LogP contribution in [0, 0.1) is 0 Å². The summed E-state index contributed by atoms with van der Waals surface area (Å²) in [7, 11) is 0. The highest BCUT2D eigenvalue weighted by Gasteiger charge is 2.23. The van der Waals surface area contributed by atoms with E-state index in [9.17, 15) is 9.59 Å². The summed E-state index contributed by atoms with van der Waals surface area (Å²) in [6.45, 7) is 2.39. The number of rotatable bonds is 2. The number of nitrogens with zero attached hydrogens (tertiary/aromatic N) is 4. The summed E-state index contributed by atoms with van der Waals surface area (Å²) in [4.78, 5) is 37.2. The van der Waals surface area contributed by atoms with E-state index >= 15 is 0 Å². The largest absolute Gasteiger partial charge is 0.492 e. The smallest absolute Gasteiger partial charge is 0.264 e. The van der Waals surface area contributed by atoms with Crippen molar-refractivity contribution in [2.75, 3.05) is 6.61 Å². The van der Waals surface area contributed by atoms with Crippen LogP contribution in [0.15, 0.2) is 76.3 Å². The minimum Gasteiger partial charge on any atom is -0.492 e. The molecule has 0 N–H and O–H groups in total. The zero-order valence-electron chi connectivity index (χ0n) is 18.6. The number of hydrogen-bond donors (Lipinski definition) is 0. The van der Waals surface area contributed by atoms with E-state index in [0.717, 1.165) is 32.6 Å². The second-order valence-corrected chi connectivity index (χ2v) is 8.77. The van der Waals surface area contributed by atoms with Gasteiger partial charge in [0.1, 0.15) is 22.6 Å². The molecule has 0 atom stereocenters. The van der Waals surface area contributed by atoms with Crippen molar-refractivity contribution in [1.29, 1.82) is 0 Å². The highest BCUT2D eigenvalue weighted by atomic mass is 16.5. The zero-order chi connectivity index (χ0) is 23.4. The van der Waals surface area contributed by atoms with E-state index in [0.29, 0.717) is 45.5 Å². The van der Waals surface area contributed by atoms with Crippen LogP contribution in [-0.2, 0) is 0 Å². The molecule has 4 aromatic heterocycles. The molecule has 7 heteroatoms. The van der Waals surface area contributed by atoms with Gasteiger partial charge in [-0.3, -0.25) is 18.4 Å². The fourth-order valence-corrected chi connectivity index (χ4v) is 5.62. The molecule has 0 unspecified atom stereocenters. The van der Waals surface area contributed by atoms with Crippen LogP contribution in [0.25, 0.3) is 65.7 Å². The molecule has 0 radical (unpaired) electrons. The number of para-hydroxylation sites is 3. The third kappa shape index (κ3) is 2.11. The Hall–Kier alpha value is -4.78. The normalized spacial score (nSPS) is 12.5. The van der Waals surface area contributed by atoms with Crippen LogP contribution >= 0.6 is 0 Å². The molecule has 166 valence electrons. The molecule has 0 spiro atoms. The van der Waals surface area contributed by atoms with Gasteiger partial charge in [0.25, 0.3) is 11.1 Å². The Morgan fingerprint density at radius 3 is 2.03 bits per heavy atom. The first kappa shape index (κ1) is 18.6. The lowest BCUT2D eigenvalue weighted by molar-refractivity contribution is 0.343. The molecular weight excluding hydrogens is 440 g/mol. The van der Waals surface area contributed by atoms with Gasteiger partial charge in [0.05, 0.1) is 23.2 Å². The van der Waals surface area contributed by atoms with Gasteiger partial charge >= 0.3 is 0 Å². The minimum atomic E-state index is -0.183. The Balaban J connectivity index is 1.66.